The molecule has 3 rings (SSSR count). The number of nitrogens with one attached hydrogen (secondary N) is 1. The summed E-state index contributed by atoms with van der Waals surface area (Å²) in [5, 5.41) is 22.9. The summed E-state index contributed by atoms with van der Waals surface area (Å²) in [6.07, 6.45) is 2.28. The topological polar surface area (TPSA) is 98.9 Å². The van der Waals surface area contributed by atoms with Gasteiger partial charge < -0.3 is 14.7 Å². The summed E-state index contributed by atoms with van der Waals surface area (Å²) in [4.78, 5) is 26.8. The molecule has 0 saturated heterocycles. The van der Waals surface area contributed by atoms with E-state index in [1.54, 1.807) is 29.7 Å². The molecule has 1 atom stereocenters. The number of hydrogen-bond acceptors (Lipinski definition) is 5. The number of pyridine rings is 2. The standard InChI is InChI=1S/C17H15N3O3S/c18-7-13-6-14-15(19-16(13)22)1-3-20(17(14)23)8-12(9-21)5-11-2-4-24-10-11/h1-4,6,10,12,21H,5,8-9H2,(H,19,22)/t12-/m0/s1. The highest BCUT2D eigenvalue weighted by Gasteiger charge is 2.13. The zero-order chi connectivity index (χ0) is 17.1. The summed E-state index contributed by atoms with van der Waals surface area (Å²) in [6, 6.07) is 6.74. The molecule has 0 fully saturated rings. The number of thiophene rings is 1. The second-order valence-electron chi connectivity index (χ2n) is 5.61. The first-order chi connectivity index (χ1) is 11.6. The number of aliphatic hydroxyl groups excluding tert-OH is 1. The number of aliphatic hydroxyl groups is 1. The van der Waals surface area contributed by atoms with Crippen LogP contribution in [0.1, 0.15) is 11.1 Å². The largest absolute Gasteiger partial charge is 0.396 e. The van der Waals surface area contributed by atoms with Crippen LogP contribution in [0.25, 0.3) is 10.9 Å². The number of rotatable bonds is 5. The summed E-state index contributed by atoms with van der Waals surface area (Å²) < 4.78 is 1.51. The Balaban J connectivity index is 1.96. The molecule has 6 nitrogen and oxygen atoms in total. The molecule has 0 aliphatic carbocycles. The number of fused-ring (bicyclic) bond motifs is 1. The first-order valence-electron chi connectivity index (χ1n) is 7.41. The predicted octanol–water partition coefficient (Wildman–Crippen LogP) is 1.47. The molecule has 0 radical (unpaired) electrons. The molecule has 0 aliphatic rings. The van der Waals surface area contributed by atoms with Gasteiger partial charge in [-0.15, -0.1) is 0 Å². The average molecular weight is 341 g/mol. The van der Waals surface area contributed by atoms with Crippen LogP contribution in [-0.2, 0) is 13.0 Å². The van der Waals surface area contributed by atoms with E-state index in [-0.39, 0.29) is 23.6 Å². The third-order valence-electron chi connectivity index (χ3n) is 3.92. The Morgan fingerprint density at radius 2 is 2.21 bits per heavy atom. The Morgan fingerprint density at radius 1 is 1.38 bits per heavy atom. The van der Waals surface area contributed by atoms with Crippen molar-refractivity contribution in [2.75, 3.05) is 6.61 Å². The Bertz CT molecular complexity index is 1010. The fourth-order valence-corrected chi connectivity index (χ4v) is 3.36. The van der Waals surface area contributed by atoms with Gasteiger partial charge >= 0.3 is 0 Å². The Labute approximate surface area is 141 Å². The van der Waals surface area contributed by atoms with E-state index < -0.39 is 5.56 Å². The summed E-state index contributed by atoms with van der Waals surface area (Å²) in [6.45, 7) is 0.331. The Morgan fingerprint density at radius 3 is 2.88 bits per heavy atom. The van der Waals surface area contributed by atoms with Crippen molar-refractivity contribution < 1.29 is 5.11 Å². The molecule has 0 bridgehead atoms. The van der Waals surface area contributed by atoms with E-state index >= 15 is 0 Å². The van der Waals surface area contributed by atoms with E-state index in [1.165, 1.54) is 10.6 Å². The molecule has 0 spiro atoms. The number of aromatic nitrogens is 2. The summed E-state index contributed by atoms with van der Waals surface area (Å²) >= 11 is 1.59. The van der Waals surface area contributed by atoms with Crippen molar-refractivity contribution >= 4 is 22.2 Å². The molecule has 0 unspecified atom stereocenters. The molecule has 0 amide bonds. The minimum absolute atomic E-state index is 0.0323. The quantitative estimate of drug-likeness (QED) is 0.734. The molecule has 2 N–H and O–H groups in total. The van der Waals surface area contributed by atoms with Gasteiger partial charge in [-0.25, -0.2) is 0 Å². The summed E-state index contributed by atoms with van der Waals surface area (Å²) in [7, 11) is 0. The Hall–Kier alpha value is -2.69. The van der Waals surface area contributed by atoms with E-state index in [4.69, 9.17) is 5.26 Å². The van der Waals surface area contributed by atoms with Crippen molar-refractivity contribution in [3.63, 3.8) is 0 Å². The van der Waals surface area contributed by atoms with E-state index in [9.17, 15) is 14.7 Å². The maximum atomic E-state index is 12.6. The van der Waals surface area contributed by atoms with Crippen LogP contribution < -0.4 is 11.1 Å². The predicted molar refractivity (Wildman–Crippen MR) is 92.1 cm³/mol. The average Bonchev–Trinajstić information content (AvgIpc) is 3.09. The highest BCUT2D eigenvalue weighted by atomic mass is 32.1. The zero-order valence-electron chi connectivity index (χ0n) is 12.7. The van der Waals surface area contributed by atoms with Crippen molar-refractivity contribution in [2.45, 2.75) is 13.0 Å². The first kappa shape index (κ1) is 16.2. The second kappa shape index (κ2) is 6.83. The van der Waals surface area contributed by atoms with E-state index in [2.05, 4.69) is 4.98 Å². The number of nitriles is 1. The van der Waals surface area contributed by atoms with Crippen LogP contribution >= 0.6 is 11.3 Å². The number of H-pyrrole nitrogens is 1. The summed E-state index contributed by atoms with van der Waals surface area (Å²) in [5.41, 5.74) is 0.647. The van der Waals surface area contributed by atoms with Crippen molar-refractivity contribution in [1.29, 1.82) is 5.26 Å². The number of hydrogen-bond donors (Lipinski definition) is 2. The van der Waals surface area contributed by atoms with Crippen LogP contribution in [0.5, 0.6) is 0 Å². The van der Waals surface area contributed by atoms with Gasteiger partial charge in [0, 0.05) is 25.3 Å². The molecule has 0 saturated carbocycles. The highest BCUT2D eigenvalue weighted by Crippen LogP contribution is 2.14. The summed E-state index contributed by atoms with van der Waals surface area (Å²) in [5.74, 6) is -0.0899. The molecule has 0 aromatic carbocycles. The van der Waals surface area contributed by atoms with Crippen molar-refractivity contribution in [3.05, 3.63) is 67.0 Å². The third-order valence-corrected chi connectivity index (χ3v) is 4.65. The van der Waals surface area contributed by atoms with Gasteiger partial charge in [0.05, 0.1) is 10.9 Å². The van der Waals surface area contributed by atoms with E-state index in [0.717, 1.165) is 5.56 Å². The van der Waals surface area contributed by atoms with Crippen molar-refractivity contribution in [2.24, 2.45) is 5.92 Å². The maximum Gasteiger partial charge on any atom is 0.266 e. The van der Waals surface area contributed by atoms with Gasteiger partial charge in [-0.05, 0) is 40.9 Å². The van der Waals surface area contributed by atoms with Crippen LogP contribution in [0.15, 0.2) is 44.7 Å². The van der Waals surface area contributed by atoms with Crippen LogP contribution in [0.3, 0.4) is 0 Å². The van der Waals surface area contributed by atoms with Gasteiger partial charge in [0.1, 0.15) is 11.6 Å². The van der Waals surface area contributed by atoms with Gasteiger partial charge in [0.25, 0.3) is 11.1 Å². The molecular formula is C17H15N3O3S. The van der Waals surface area contributed by atoms with Gasteiger partial charge in [-0.2, -0.15) is 16.6 Å². The van der Waals surface area contributed by atoms with Crippen molar-refractivity contribution in [3.8, 4) is 6.07 Å². The smallest absolute Gasteiger partial charge is 0.266 e. The molecule has 122 valence electrons. The van der Waals surface area contributed by atoms with Crippen LogP contribution in [0.4, 0.5) is 0 Å². The lowest BCUT2D eigenvalue weighted by molar-refractivity contribution is 0.209. The second-order valence-corrected chi connectivity index (χ2v) is 6.39. The molecule has 24 heavy (non-hydrogen) atoms. The SMILES string of the molecule is N#Cc1cc2c(=O)n(C[C@@H](CO)Cc3ccsc3)ccc2[nH]c1=O. The van der Waals surface area contributed by atoms with E-state index in [1.807, 2.05) is 16.8 Å². The first-order valence-corrected chi connectivity index (χ1v) is 8.35. The minimum Gasteiger partial charge on any atom is -0.396 e. The molecule has 0 aliphatic heterocycles. The molecular weight excluding hydrogens is 326 g/mol. The monoisotopic (exact) mass is 341 g/mol. The molecule has 3 aromatic heterocycles. The lowest BCUT2D eigenvalue weighted by atomic mass is 10.0. The fraction of sp³-hybridized carbons (Fsp3) is 0.235. The van der Waals surface area contributed by atoms with Gasteiger partial charge in [0.2, 0.25) is 0 Å². The van der Waals surface area contributed by atoms with E-state index in [0.29, 0.717) is 23.9 Å². The molecule has 3 heterocycles. The van der Waals surface area contributed by atoms with Crippen LogP contribution in [0.2, 0.25) is 0 Å². The van der Waals surface area contributed by atoms with Crippen molar-refractivity contribution in [1.82, 2.24) is 9.55 Å². The highest BCUT2D eigenvalue weighted by molar-refractivity contribution is 7.07. The van der Waals surface area contributed by atoms with Crippen LogP contribution in [-0.4, -0.2) is 21.3 Å². The lowest BCUT2D eigenvalue weighted by Gasteiger charge is -2.15. The molecule has 7 heteroatoms. The Kier molecular flexibility index (Phi) is 4.60. The maximum absolute atomic E-state index is 12.6. The number of nitrogens with zero attached hydrogens (tertiary/aromatic N) is 2. The van der Waals surface area contributed by atoms with Gasteiger partial charge in [0.15, 0.2) is 0 Å². The molecule has 3 aromatic rings. The van der Waals surface area contributed by atoms with Gasteiger partial charge in [-0.1, -0.05) is 0 Å². The lowest BCUT2D eigenvalue weighted by Crippen LogP contribution is -2.27. The minimum atomic E-state index is -0.507. The third kappa shape index (κ3) is 3.15. The zero-order valence-corrected chi connectivity index (χ0v) is 13.5. The van der Waals surface area contributed by atoms with Crippen LogP contribution in [0, 0.1) is 17.2 Å². The normalized spacial score (nSPS) is 12.2. The van der Waals surface area contributed by atoms with Gasteiger partial charge in [-0.3, -0.25) is 9.59 Å². The number of aromatic amines is 1. The fourth-order valence-electron chi connectivity index (χ4n) is 2.67.